The molecule has 0 aromatic heterocycles. The highest BCUT2D eigenvalue weighted by Crippen LogP contribution is 2.22. The summed E-state index contributed by atoms with van der Waals surface area (Å²) < 4.78 is 12.9. The van der Waals surface area contributed by atoms with Gasteiger partial charge in [0.15, 0.2) is 0 Å². The lowest BCUT2D eigenvalue weighted by atomic mass is 10.0. The van der Waals surface area contributed by atoms with Crippen molar-refractivity contribution >= 4 is 17.3 Å². The monoisotopic (exact) mass is 272 g/mol. The van der Waals surface area contributed by atoms with Gasteiger partial charge < -0.3 is 10.6 Å². The molecule has 2 N–H and O–H groups in total. The first kappa shape index (κ1) is 14.1. The minimum absolute atomic E-state index is 0.166. The van der Waals surface area contributed by atoms with Gasteiger partial charge in [-0.25, -0.2) is 4.39 Å². The van der Waals surface area contributed by atoms with E-state index in [0.29, 0.717) is 16.9 Å². The van der Waals surface area contributed by atoms with Gasteiger partial charge in [0, 0.05) is 24.0 Å². The molecule has 104 valence electrons. The van der Waals surface area contributed by atoms with Crippen molar-refractivity contribution in [3.05, 3.63) is 58.9 Å². The fourth-order valence-electron chi connectivity index (χ4n) is 2.06. The predicted octanol–water partition coefficient (Wildman–Crippen LogP) is 3.30. The van der Waals surface area contributed by atoms with Gasteiger partial charge >= 0.3 is 0 Å². The standard InChI is InChI=1S/C16H17FN2O/c1-10-8-11(2)15(18)9-14(10)16(20)19(3)13-6-4-12(17)5-7-13/h4-9H,18H2,1-3H3. The predicted molar refractivity (Wildman–Crippen MR) is 79.5 cm³/mol. The number of benzene rings is 2. The molecule has 0 saturated carbocycles. The van der Waals surface area contributed by atoms with Gasteiger partial charge in [0.05, 0.1) is 0 Å². The zero-order chi connectivity index (χ0) is 14.9. The molecule has 4 heteroatoms. The first-order valence-electron chi connectivity index (χ1n) is 6.30. The number of nitrogen functional groups attached to an aromatic ring is 1. The quantitative estimate of drug-likeness (QED) is 0.853. The van der Waals surface area contributed by atoms with Gasteiger partial charge in [-0.3, -0.25) is 4.79 Å². The van der Waals surface area contributed by atoms with Crippen LogP contribution in [0, 0.1) is 19.7 Å². The van der Waals surface area contributed by atoms with E-state index in [1.807, 2.05) is 19.9 Å². The van der Waals surface area contributed by atoms with E-state index in [9.17, 15) is 9.18 Å². The smallest absolute Gasteiger partial charge is 0.258 e. The summed E-state index contributed by atoms with van der Waals surface area (Å²) in [6.07, 6.45) is 0. The second-order valence-electron chi connectivity index (χ2n) is 4.86. The van der Waals surface area contributed by atoms with Crippen LogP contribution in [0.25, 0.3) is 0 Å². The zero-order valence-corrected chi connectivity index (χ0v) is 11.8. The third-order valence-electron chi connectivity index (χ3n) is 3.36. The highest BCUT2D eigenvalue weighted by atomic mass is 19.1. The Bertz CT molecular complexity index is 650. The number of halogens is 1. The average molecular weight is 272 g/mol. The third kappa shape index (κ3) is 2.64. The molecule has 0 atom stereocenters. The van der Waals surface area contributed by atoms with Crippen molar-refractivity contribution in [1.82, 2.24) is 0 Å². The van der Waals surface area contributed by atoms with Crippen LogP contribution in [0.4, 0.5) is 15.8 Å². The Morgan fingerprint density at radius 3 is 2.30 bits per heavy atom. The van der Waals surface area contributed by atoms with Crippen LogP contribution < -0.4 is 10.6 Å². The Kier molecular flexibility index (Phi) is 3.74. The van der Waals surface area contributed by atoms with Crippen molar-refractivity contribution in [3.8, 4) is 0 Å². The molecule has 0 aliphatic rings. The first-order valence-corrected chi connectivity index (χ1v) is 6.30. The number of hydrogen-bond donors (Lipinski definition) is 1. The lowest BCUT2D eigenvalue weighted by Crippen LogP contribution is -2.27. The summed E-state index contributed by atoms with van der Waals surface area (Å²) in [5, 5.41) is 0. The molecule has 20 heavy (non-hydrogen) atoms. The van der Waals surface area contributed by atoms with Crippen LogP contribution >= 0.6 is 0 Å². The number of nitrogens with two attached hydrogens (primary N) is 1. The molecule has 0 heterocycles. The molecule has 1 amide bonds. The van der Waals surface area contributed by atoms with Crippen molar-refractivity contribution in [2.45, 2.75) is 13.8 Å². The largest absolute Gasteiger partial charge is 0.398 e. The van der Waals surface area contributed by atoms with Crippen LogP contribution in [0.1, 0.15) is 21.5 Å². The third-order valence-corrected chi connectivity index (χ3v) is 3.36. The number of hydrogen-bond acceptors (Lipinski definition) is 2. The lowest BCUT2D eigenvalue weighted by molar-refractivity contribution is 0.0992. The number of anilines is 2. The van der Waals surface area contributed by atoms with E-state index in [1.165, 1.54) is 17.0 Å². The average Bonchev–Trinajstić information content (AvgIpc) is 2.42. The molecule has 0 saturated heterocycles. The summed E-state index contributed by atoms with van der Waals surface area (Å²) in [7, 11) is 1.66. The van der Waals surface area contributed by atoms with Gasteiger partial charge in [-0.2, -0.15) is 0 Å². The molecule has 2 aromatic carbocycles. The molecule has 2 rings (SSSR count). The number of aryl methyl sites for hydroxylation is 2. The molecule has 0 unspecified atom stereocenters. The van der Waals surface area contributed by atoms with E-state index in [1.54, 1.807) is 25.2 Å². The molecule has 0 aliphatic heterocycles. The summed E-state index contributed by atoms with van der Waals surface area (Å²) in [6.45, 7) is 3.78. The van der Waals surface area contributed by atoms with Crippen molar-refractivity contribution in [2.24, 2.45) is 0 Å². The molecule has 0 aliphatic carbocycles. The fourth-order valence-corrected chi connectivity index (χ4v) is 2.06. The summed E-state index contributed by atoms with van der Waals surface area (Å²) in [4.78, 5) is 14.0. The number of nitrogens with zero attached hydrogens (tertiary/aromatic N) is 1. The van der Waals surface area contributed by atoms with Crippen molar-refractivity contribution in [1.29, 1.82) is 0 Å². The SMILES string of the molecule is Cc1cc(C)c(C(=O)N(C)c2ccc(F)cc2)cc1N. The number of amides is 1. The van der Waals surface area contributed by atoms with E-state index in [2.05, 4.69) is 0 Å². The Morgan fingerprint density at radius 1 is 1.10 bits per heavy atom. The van der Waals surface area contributed by atoms with Crippen LogP contribution in [0.15, 0.2) is 36.4 Å². The van der Waals surface area contributed by atoms with Crippen molar-refractivity contribution in [3.63, 3.8) is 0 Å². The molecular weight excluding hydrogens is 255 g/mol. The number of rotatable bonds is 2. The number of carbonyl (C=O) groups excluding carboxylic acids is 1. The highest BCUT2D eigenvalue weighted by Gasteiger charge is 2.16. The number of carbonyl (C=O) groups is 1. The molecule has 0 radical (unpaired) electrons. The van der Waals surface area contributed by atoms with E-state index in [0.717, 1.165) is 11.1 Å². The van der Waals surface area contributed by atoms with Gasteiger partial charge in [0.2, 0.25) is 0 Å². The lowest BCUT2D eigenvalue weighted by Gasteiger charge is -2.19. The normalized spacial score (nSPS) is 10.4. The zero-order valence-electron chi connectivity index (χ0n) is 11.8. The maximum absolute atomic E-state index is 12.9. The van der Waals surface area contributed by atoms with E-state index >= 15 is 0 Å². The first-order chi connectivity index (χ1) is 9.40. The van der Waals surface area contributed by atoms with Gasteiger partial charge in [0.1, 0.15) is 5.82 Å². The van der Waals surface area contributed by atoms with Crippen LogP contribution in [-0.2, 0) is 0 Å². The Balaban J connectivity index is 2.36. The Morgan fingerprint density at radius 2 is 1.70 bits per heavy atom. The van der Waals surface area contributed by atoms with Crippen LogP contribution in [0.3, 0.4) is 0 Å². The summed E-state index contributed by atoms with van der Waals surface area (Å²) in [5.74, 6) is -0.494. The summed E-state index contributed by atoms with van der Waals surface area (Å²) in [6, 6.07) is 9.37. The van der Waals surface area contributed by atoms with Crippen molar-refractivity contribution < 1.29 is 9.18 Å². The van der Waals surface area contributed by atoms with Crippen molar-refractivity contribution in [2.75, 3.05) is 17.7 Å². The second-order valence-corrected chi connectivity index (χ2v) is 4.86. The molecular formula is C16H17FN2O. The van der Waals surface area contributed by atoms with Gasteiger partial charge in [-0.1, -0.05) is 6.07 Å². The highest BCUT2D eigenvalue weighted by molar-refractivity contribution is 6.07. The van der Waals surface area contributed by atoms with E-state index in [-0.39, 0.29) is 11.7 Å². The topological polar surface area (TPSA) is 46.3 Å². The van der Waals surface area contributed by atoms with Gasteiger partial charge in [-0.15, -0.1) is 0 Å². The fraction of sp³-hybridized carbons (Fsp3) is 0.188. The minimum atomic E-state index is -0.328. The molecule has 0 spiro atoms. The summed E-state index contributed by atoms with van der Waals surface area (Å²) >= 11 is 0. The Hall–Kier alpha value is -2.36. The minimum Gasteiger partial charge on any atom is -0.398 e. The second kappa shape index (κ2) is 5.33. The Labute approximate surface area is 117 Å². The molecule has 3 nitrogen and oxygen atoms in total. The van der Waals surface area contributed by atoms with Crippen LogP contribution in [0.5, 0.6) is 0 Å². The molecule has 2 aromatic rings. The molecule has 0 fully saturated rings. The van der Waals surface area contributed by atoms with Crippen LogP contribution in [-0.4, -0.2) is 13.0 Å². The molecule has 0 bridgehead atoms. The van der Waals surface area contributed by atoms with E-state index in [4.69, 9.17) is 5.73 Å². The van der Waals surface area contributed by atoms with E-state index < -0.39 is 0 Å². The summed E-state index contributed by atoms with van der Waals surface area (Å²) in [5.41, 5.74) is 9.46. The van der Waals surface area contributed by atoms with Gasteiger partial charge in [-0.05, 0) is 55.3 Å². The maximum Gasteiger partial charge on any atom is 0.258 e. The maximum atomic E-state index is 12.9. The van der Waals surface area contributed by atoms with Gasteiger partial charge in [0.25, 0.3) is 5.91 Å². The van der Waals surface area contributed by atoms with Crippen LogP contribution in [0.2, 0.25) is 0 Å².